The van der Waals surface area contributed by atoms with Crippen LogP contribution in [0.3, 0.4) is 0 Å². The van der Waals surface area contributed by atoms with Crippen LogP contribution in [-0.2, 0) is 16.2 Å². The van der Waals surface area contributed by atoms with Crippen molar-refractivity contribution in [2.75, 3.05) is 0 Å². The Bertz CT molecular complexity index is 4940. The van der Waals surface area contributed by atoms with Gasteiger partial charge in [-0.15, -0.1) is 22.7 Å². The fraction of sp³-hybridized carbons (Fsp3) is 0.111. The molecule has 0 N–H and O–H groups in total. The van der Waals surface area contributed by atoms with E-state index >= 15 is 0 Å². The molecule has 16 rings (SSSR count). The van der Waals surface area contributed by atoms with Crippen LogP contribution in [0.25, 0.3) is 135 Å². The number of hydrogen-bond acceptors (Lipinski definition) is 5. The summed E-state index contributed by atoms with van der Waals surface area (Å²) in [6.45, 7) is 14.4. The summed E-state index contributed by atoms with van der Waals surface area (Å²) in [6.07, 6.45) is 9.22. The predicted molar refractivity (Wildman–Crippen MR) is 364 cm³/mol. The summed E-state index contributed by atoms with van der Waals surface area (Å²) in [5.74, 6) is 0. The molecule has 3 aromatic heterocycles. The van der Waals surface area contributed by atoms with Crippen molar-refractivity contribution in [2.45, 2.75) is 57.8 Å². The maximum atomic E-state index is 5.43. The molecule has 13 aromatic rings. The number of hydrogen-bond donors (Lipinski definition) is 0. The van der Waals surface area contributed by atoms with Crippen LogP contribution in [-0.4, -0.2) is 10.3 Å². The number of fused-ring (bicyclic) bond motifs is 10. The predicted octanol–water partition coefficient (Wildman–Crippen LogP) is 22.6. The Labute approximate surface area is 511 Å². The Hall–Kier alpha value is -9.52. The monoisotopic (exact) mass is 1140 g/mol. The Morgan fingerprint density at radius 3 is 0.965 bits per heavy atom. The van der Waals surface area contributed by atoms with Gasteiger partial charge in [-0.2, -0.15) is 0 Å². The lowest BCUT2D eigenvalue weighted by molar-refractivity contribution is 0.315. The van der Waals surface area contributed by atoms with Crippen molar-refractivity contribution in [3.63, 3.8) is 0 Å². The van der Waals surface area contributed by atoms with Crippen molar-refractivity contribution in [2.24, 2.45) is 0 Å². The molecule has 3 heterocycles. The van der Waals surface area contributed by atoms with Gasteiger partial charge in [0.25, 0.3) is 0 Å². The molecule has 0 saturated carbocycles. The molecule has 0 unspecified atom stereocenters. The molecule has 0 saturated heterocycles. The molecule has 412 valence electrons. The standard InChI is InChI=1S/C81H60N2OS2/c1-79(2)71-43-51(49-15-9-7-10-16-49)23-31-63(71)64-32-24-52(44-72(64)79)53-25-33-65-67-35-27-57(47-75(67)80(3,4)73(65)45-53)69-41-55(22-30-60-20-14-40-86-60)70(42-54(69)21-29-59-19-13-39-85-59)58-28-36-68-66-34-26-56(46-74(66)81(5,6)76(68)48-58)62-38-37-61(50-17-11-8-12-18-50)77-78(62)83-84-82-77/h7-48H,1-6H3/b29-21+,30-22+. The average Bonchev–Trinajstić information content (AvgIpc) is 3.81. The van der Waals surface area contributed by atoms with Gasteiger partial charge < -0.3 is 0 Å². The van der Waals surface area contributed by atoms with Crippen molar-refractivity contribution in [3.05, 3.63) is 283 Å². The zero-order valence-corrected chi connectivity index (χ0v) is 50.5. The van der Waals surface area contributed by atoms with E-state index in [2.05, 4.69) is 287 Å². The normalized spacial score (nSPS) is 14.6. The lowest BCUT2D eigenvalue weighted by Crippen LogP contribution is -2.15. The summed E-state index contributed by atoms with van der Waals surface area (Å²) in [7, 11) is 0. The number of nitrogens with zero attached hydrogens (tertiary/aromatic N) is 2. The molecule has 0 bridgehead atoms. The second-order valence-electron chi connectivity index (χ2n) is 25.0. The van der Waals surface area contributed by atoms with E-state index in [0.717, 1.165) is 33.3 Å². The van der Waals surface area contributed by atoms with E-state index in [1.165, 1.54) is 132 Å². The first-order chi connectivity index (χ1) is 41.9. The van der Waals surface area contributed by atoms with Crippen LogP contribution in [0.15, 0.2) is 234 Å². The van der Waals surface area contributed by atoms with E-state index in [4.69, 9.17) is 4.63 Å². The second-order valence-corrected chi connectivity index (χ2v) is 27.0. The molecule has 0 atom stereocenters. The van der Waals surface area contributed by atoms with Crippen molar-refractivity contribution in [1.82, 2.24) is 10.3 Å². The van der Waals surface area contributed by atoms with Gasteiger partial charge in [-0.3, -0.25) is 0 Å². The second kappa shape index (κ2) is 19.8. The molecule has 0 radical (unpaired) electrons. The summed E-state index contributed by atoms with van der Waals surface area (Å²) in [4.78, 5) is 2.44. The van der Waals surface area contributed by atoms with Crippen molar-refractivity contribution in [1.29, 1.82) is 0 Å². The highest BCUT2D eigenvalue weighted by Gasteiger charge is 2.39. The third-order valence-electron chi connectivity index (χ3n) is 19.1. The van der Waals surface area contributed by atoms with Gasteiger partial charge in [0.15, 0.2) is 0 Å². The van der Waals surface area contributed by atoms with E-state index in [1.54, 1.807) is 22.7 Å². The van der Waals surface area contributed by atoms with E-state index in [1.807, 2.05) is 18.2 Å². The summed E-state index contributed by atoms with van der Waals surface area (Å²) in [5, 5.41) is 13.2. The highest BCUT2D eigenvalue weighted by molar-refractivity contribution is 7.11. The van der Waals surface area contributed by atoms with Crippen LogP contribution >= 0.6 is 22.7 Å². The molecule has 0 amide bonds. The zero-order valence-electron chi connectivity index (χ0n) is 48.9. The average molecular weight is 1140 g/mol. The summed E-state index contributed by atoms with van der Waals surface area (Å²) in [5.41, 5.74) is 33.2. The third-order valence-corrected chi connectivity index (χ3v) is 20.7. The molecule has 10 aromatic carbocycles. The largest absolute Gasteiger partial charge is 0.243 e. The number of aromatic nitrogens is 2. The molecule has 86 heavy (non-hydrogen) atoms. The first-order valence-corrected chi connectivity index (χ1v) is 31.5. The Morgan fingerprint density at radius 2 is 0.593 bits per heavy atom. The van der Waals surface area contributed by atoms with E-state index in [9.17, 15) is 0 Å². The lowest BCUT2D eigenvalue weighted by Gasteiger charge is -2.24. The number of benzene rings is 10. The van der Waals surface area contributed by atoms with Crippen LogP contribution in [0, 0.1) is 0 Å². The van der Waals surface area contributed by atoms with Gasteiger partial charge in [0.2, 0.25) is 0 Å². The van der Waals surface area contributed by atoms with Gasteiger partial charge >= 0.3 is 0 Å². The van der Waals surface area contributed by atoms with Crippen molar-refractivity contribution >= 4 is 58.0 Å². The van der Waals surface area contributed by atoms with Crippen molar-refractivity contribution in [3.8, 4) is 100 Å². The molecule has 3 aliphatic carbocycles. The highest BCUT2D eigenvalue weighted by Crippen LogP contribution is 2.55. The molecular formula is C81H60N2OS2. The van der Waals surface area contributed by atoms with Gasteiger partial charge in [0.05, 0.1) is 0 Å². The minimum atomic E-state index is -0.287. The SMILES string of the molecule is CC1(C)c2cc(-c3ccccc3)ccc2-c2ccc(-c3ccc4c(c3)C(C)(C)c3cc(-c5cc(/C=C/c6cccs6)c(-c6ccc7c(c6)C(C)(C)c6cc(-c8ccc(-c9ccccc9)c9nonc89)ccc6-7)cc5/C=C/c5cccs5)ccc3-4)cc21. The highest BCUT2D eigenvalue weighted by atomic mass is 32.1. The maximum absolute atomic E-state index is 5.43. The van der Waals surface area contributed by atoms with Gasteiger partial charge in [-0.1, -0.05) is 211 Å². The quantitative estimate of drug-likeness (QED) is 0.137. The van der Waals surface area contributed by atoms with Crippen molar-refractivity contribution < 1.29 is 4.63 Å². The van der Waals surface area contributed by atoms with Gasteiger partial charge in [0.1, 0.15) is 11.0 Å². The minimum absolute atomic E-state index is 0.135. The molecule has 0 spiro atoms. The fourth-order valence-electron chi connectivity index (χ4n) is 14.4. The Kier molecular flexibility index (Phi) is 12.0. The topological polar surface area (TPSA) is 38.9 Å². The number of rotatable bonds is 10. The summed E-state index contributed by atoms with van der Waals surface area (Å²) < 4.78 is 5.43. The molecule has 3 aliphatic rings. The van der Waals surface area contributed by atoms with Crippen LogP contribution < -0.4 is 0 Å². The van der Waals surface area contributed by atoms with E-state index < -0.39 is 0 Å². The minimum Gasteiger partial charge on any atom is -0.243 e. The molecule has 0 aliphatic heterocycles. The Morgan fingerprint density at radius 1 is 0.279 bits per heavy atom. The zero-order chi connectivity index (χ0) is 58.1. The maximum Gasteiger partial charge on any atom is 0.143 e. The first kappa shape index (κ1) is 52.1. The lowest BCUT2D eigenvalue weighted by atomic mass is 9.79. The molecule has 3 nitrogen and oxygen atoms in total. The van der Waals surface area contributed by atoms with Crippen LogP contribution in [0.4, 0.5) is 0 Å². The fourth-order valence-corrected chi connectivity index (χ4v) is 15.6. The third kappa shape index (κ3) is 8.35. The number of thiophene rings is 2. The van der Waals surface area contributed by atoms with Gasteiger partial charge in [-0.05, 0) is 227 Å². The van der Waals surface area contributed by atoms with Crippen LogP contribution in [0.5, 0.6) is 0 Å². The summed E-state index contributed by atoms with van der Waals surface area (Å²) in [6, 6.07) is 81.6. The van der Waals surface area contributed by atoms with Crippen LogP contribution in [0.2, 0.25) is 0 Å². The molecule has 5 heteroatoms. The summed E-state index contributed by atoms with van der Waals surface area (Å²) >= 11 is 3.53. The van der Waals surface area contributed by atoms with E-state index in [-0.39, 0.29) is 16.2 Å². The van der Waals surface area contributed by atoms with Gasteiger partial charge in [0, 0.05) is 37.1 Å². The smallest absolute Gasteiger partial charge is 0.143 e. The van der Waals surface area contributed by atoms with Crippen LogP contribution in [0.1, 0.15) is 95.8 Å². The van der Waals surface area contributed by atoms with E-state index in [0.29, 0.717) is 0 Å². The molecule has 0 fully saturated rings. The Balaban J connectivity index is 0.764. The molecular weight excluding hydrogens is 1080 g/mol. The van der Waals surface area contributed by atoms with Gasteiger partial charge in [-0.25, -0.2) is 4.63 Å². The first-order valence-electron chi connectivity index (χ1n) is 29.7.